The molecule has 0 unspecified atom stereocenters. The minimum atomic E-state index is -1.06. The molecule has 0 saturated heterocycles. The lowest BCUT2D eigenvalue weighted by Crippen LogP contribution is -2.23. The molecule has 9 heteroatoms. The van der Waals surface area contributed by atoms with Crippen LogP contribution < -0.4 is 10.6 Å². The zero-order valence-electron chi connectivity index (χ0n) is 12.7. The summed E-state index contributed by atoms with van der Waals surface area (Å²) in [4.78, 5) is 24.9. The Morgan fingerprint density at radius 2 is 2.04 bits per heavy atom. The van der Waals surface area contributed by atoms with Gasteiger partial charge in [-0.05, 0) is 37.1 Å². The van der Waals surface area contributed by atoms with Gasteiger partial charge in [0.15, 0.2) is 0 Å². The van der Waals surface area contributed by atoms with Gasteiger partial charge in [0.05, 0.1) is 4.92 Å². The van der Waals surface area contributed by atoms with Crippen molar-refractivity contribution in [3.63, 3.8) is 0 Å². The van der Waals surface area contributed by atoms with E-state index in [4.69, 9.17) is 16.7 Å². The van der Waals surface area contributed by atoms with Gasteiger partial charge in [-0.1, -0.05) is 23.7 Å². The number of halogens is 1. The van der Waals surface area contributed by atoms with E-state index in [-0.39, 0.29) is 16.5 Å². The Balaban J connectivity index is 2.14. The fourth-order valence-corrected chi connectivity index (χ4v) is 2.43. The number of hydrogen-bond donors (Lipinski definition) is 3. The average Bonchev–Trinajstić information content (AvgIpc) is 2.47. The van der Waals surface area contributed by atoms with Gasteiger partial charge < -0.3 is 15.7 Å². The maximum absolute atomic E-state index is 11.2. The van der Waals surface area contributed by atoms with Gasteiger partial charge in [-0.15, -0.1) is 0 Å². The molecule has 0 aliphatic carbocycles. The largest absolute Gasteiger partial charge is 0.465 e. The topological polar surface area (TPSA) is 117 Å². The van der Waals surface area contributed by atoms with Crippen LogP contribution in [-0.2, 0) is 6.42 Å². The molecule has 3 N–H and O–H groups in total. The van der Waals surface area contributed by atoms with Crippen LogP contribution in [0.2, 0.25) is 5.15 Å². The molecule has 126 valence electrons. The fourth-order valence-electron chi connectivity index (χ4n) is 2.12. The standard InChI is InChI=1S/C15H15ClN4O4/c1-9-8-12(13(20(23)24)14(16)18-9)19-11-4-2-10(3-5-11)6-7-17-15(21)22/h2-5,8,17H,6-7H2,1H3,(H,18,19)(H,21,22). The highest BCUT2D eigenvalue weighted by Crippen LogP contribution is 2.33. The highest BCUT2D eigenvalue weighted by atomic mass is 35.5. The number of rotatable bonds is 6. The van der Waals surface area contributed by atoms with Gasteiger partial charge in [-0.25, -0.2) is 9.78 Å². The Bertz CT molecular complexity index is 765. The predicted molar refractivity (Wildman–Crippen MR) is 90.1 cm³/mol. The number of hydrogen-bond acceptors (Lipinski definition) is 5. The van der Waals surface area contributed by atoms with Crippen molar-refractivity contribution in [2.45, 2.75) is 13.3 Å². The smallest absolute Gasteiger partial charge is 0.404 e. The van der Waals surface area contributed by atoms with Gasteiger partial charge in [0.1, 0.15) is 5.69 Å². The van der Waals surface area contributed by atoms with Crippen molar-refractivity contribution in [2.24, 2.45) is 0 Å². The van der Waals surface area contributed by atoms with Crippen molar-refractivity contribution in [1.29, 1.82) is 0 Å². The number of nitrogens with one attached hydrogen (secondary N) is 2. The summed E-state index contributed by atoms with van der Waals surface area (Å²) in [5.41, 5.74) is 2.13. The summed E-state index contributed by atoms with van der Waals surface area (Å²) < 4.78 is 0. The molecule has 0 aliphatic heterocycles. The molecule has 0 aliphatic rings. The van der Waals surface area contributed by atoms with Crippen LogP contribution in [0, 0.1) is 17.0 Å². The highest BCUT2D eigenvalue weighted by molar-refractivity contribution is 6.32. The predicted octanol–water partition coefficient (Wildman–Crippen LogP) is 3.51. The molecule has 1 aromatic heterocycles. The summed E-state index contributed by atoms with van der Waals surface area (Å²) in [6, 6.07) is 8.68. The zero-order chi connectivity index (χ0) is 17.7. The van der Waals surface area contributed by atoms with E-state index >= 15 is 0 Å². The first-order valence-corrected chi connectivity index (χ1v) is 7.39. The monoisotopic (exact) mass is 350 g/mol. The zero-order valence-corrected chi connectivity index (χ0v) is 13.5. The van der Waals surface area contributed by atoms with Crippen molar-refractivity contribution in [2.75, 3.05) is 11.9 Å². The van der Waals surface area contributed by atoms with Gasteiger partial charge in [0.25, 0.3) is 0 Å². The Labute approximate surface area is 142 Å². The molecule has 0 fully saturated rings. The van der Waals surface area contributed by atoms with Crippen molar-refractivity contribution in [1.82, 2.24) is 10.3 Å². The Kier molecular flexibility index (Phi) is 5.54. The van der Waals surface area contributed by atoms with E-state index in [0.717, 1.165) is 5.56 Å². The first-order valence-electron chi connectivity index (χ1n) is 7.01. The Morgan fingerprint density at radius 3 is 2.62 bits per heavy atom. The Morgan fingerprint density at radius 1 is 1.38 bits per heavy atom. The summed E-state index contributed by atoms with van der Waals surface area (Å²) in [5, 5.41) is 24.8. The van der Waals surface area contributed by atoms with Crippen LogP contribution in [0.4, 0.5) is 21.9 Å². The molecule has 0 bridgehead atoms. The quantitative estimate of drug-likeness (QED) is 0.417. The molecule has 24 heavy (non-hydrogen) atoms. The summed E-state index contributed by atoms with van der Waals surface area (Å²) in [6.45, 7) is 2.01. The van der Waals surface area contributed by atoms with Crippen LogP contribution in [0.1, 0.15) is 11.3 Å². The lowest BCUT2D eigenvalue weighted by molar-refractivity contribution is -0.384. The van der Waals surface area contributed by atoms with Crippen molar-refractivity contribution >= 4 is 34.8 Å². The SMILES string of the molecule is Cc1cc(Nc2ccc(CCNC(=O)O)cc2)c([N+](=O)[O-])c(Cl)n1. The third-order valence-corrected chi connectivity index (χ3v) is 3.45. The minimum Gasteiger partial charge on any atom is -0.465 e. The second-order valence-corrected chi connectivity index (χ2v) is 5.37. The van der Waals surface area contributed by atoms with Crippen LogP contribution in [0.25, 0.3) is 0 Å². The number of aryl methyl sites for hydroxylation is 1. The highest BCUT2D eigenvalue weighted by Gasteiger charge is 2.21. The summed E-state index contributed by atoms with van der Waals surface area (Å²) in [7, 11) is 0. The first kappa shape index (κ1) is 17.5. The van der Waals surface area contributed by atoms with E-state index in [0.29, 0.717) is 24.3 Å². The third-order valence-electron chi connectivity index (χ3n) is 3.18. The number of nitrogens with zero attached hydrogens (tertiary/aromatic N) is 2. The fraction of sp³-hybridized carbons (Fsp3) is 0.200. The molecule has 1 amide bonds. The van der Waals surface area contributed by atoms with Gasteiger partial charge in [0, 0.05) is 17.9 Å². The lowest BCUT2D eigenvalue weighted by atomic mass is 10.1. The van der Waals surface area contributed by atoms with Crippen LogP contribution in [0.5, 0.6) is 0 Å². The van der Waals surface area contributed by atoms with Crippen molar-refractivity contribution in [3.05, 3.63) is 56.9 Å². The molecule has 0 saturated carbocycles. The number of anilines is 2. The van der Waals surface area contributed by atoms with Gasteiger partial charge in [0.2, 0.25) is 5.15 Å². The van der Waals surface area contributed by atoms with Crippen molar-refractivity contribution in [3.8, 4) is 0 Å². The van der Waals surface area contributed by atoms with E-state index < -0.39 is 11.0 Å². The van der Waals surface area contributed by atoms with Gasteiger partial charge in [-0.2, -0.15) is 0 Å². The number of amides is 1. The molecule has 2 rings (SSSR count). The molecular weight excluding hydrogens is 336 g/mol. The molecule has 0 atom stereocenters. The number of carbonyl (C=O) groups is 1. The van der Waals surface area contributed by atoms with Gasteiger partial charge in [-0.3, -0.25) is 10.1 Å². The van der Waals surface area contributed by atoms with Crippen LogP contribution in [0.3, 0.4) is 0 Å². The van der Waals surface area contributed by atoms with Crippen LogP contribution in [0.15, 0.2) is 30.3 Å². The molecule has 8 nitrogen and oxygen atoms in total. The number of carboxylic acid groups (broad SMARTS) is 1. The number of pyridine rings is 1. The first-order chi connectivity index (χ1) is 11.4. The number of aromatic nitrogens is 1. The molecule has 1 aromatic carbocycles. The molecule has 0 spiro atoms. The average molecular weight is 351 g/mol. The minimum absolute atomic E-state index is 0.168. The molecular formula is C15H15ClN4O4. The molecule has 0 radical (unpaired) electrons. The van der Waals surface area contributed by atoms with E-state index in [9.17, 15) is 14.9 Å². The van der Waals surface area contributed by atoms with E-state index in [1.165, 1.54) is 0 Å². The van der Waals surface area contributed by atoms with E-state index in [2.05, 4.69) is 15.6 Å². The normalized spacial score (nSPS) is 10.2. The summed E-state index contributed by atoms with van der Waals surface area (Å²) in [5.74, 6) is 0. The van der Waals surface area contributed by atoms with E-state index in [1.54, 1.807) is 25.1 Å². The lowest BCUT2D eigenvalue weighted by Gasteiger charge is -2.10. The Hall–Kier alpha value is -2.87. The number of nitro groups is 1. The molecule has 1 heterocycles. The van der Waals surface area contributed by atoms with Gasteiger partial charge >= 0.3 is 11.8 Å². The summed E-state index contributed by atoms with van der Waals surface area (Å²) in [6.07, 6.45) is -0.516. The third kappa shape index (κ3) is 4.56. The maximum atomic E-state index is 11.2. The summed E-state index contributed by atoms with van der Waals surface area (Å²) >= 11 is 5.86. The van der Waals surface area contributed by atoms with Crippen molar-refractivity contribution < 1.29 is 14.8 Å². The van der Waals surface area contributed by atoms with E-state index in [1.807, 2.05) is 12.1 Å². The molecule has 2 aromatic rings. The second-order valence-electron chi connectivity index (χ2n) is 5.01. The van der Waals surface area contributed by atoms with Crippen LogP contribution >= 0.6 is 11.6 Å². The second kappa shape index (κ2) is 7.60. The maximum Gasteiger partial charge on any atom is 0.404 e. The number of benzene rings is 1. The van der Waals surface area contributed by atoms with Crippen LogP contribution in [-0.4, -0.2) is 27.7 Å².